The first-order valence-corrected chi connectivity index (χ1v) is 9.61. The summed E-state index contributed by atoms with van der Waals surface area (Å²) in [6.07, 6.45) is 1.01. The minimum Gasteiger partial charge on any atom is -0.491 e. The third-order valence-corrected chi connectivity index (χ3v) is 4.51. The van der Waals surface area contributed by atoms with Crippen molar-refractivity contribution in [3.8, 4) is 5.75 Å². The van der Waals surface area contributed by atoms with Gasteiger partial charge < -0.3 is 19.7 Å². The molecule has 0 spiro atoms. The van der Waals surface area contributed by atoms with Crippen LogP contribution in [-0.2, 0) is 9.53 Å². The molecule has 1 N–H and O–H groups in total. The summed E-state index contributed by atoms with van der Waals surface area (Å²) in [5.74, 6) is 0.813. The molecule has 6 nitrogen and oxygen atoms in total. The topological polar surface area (TPSA) is 67.9 Å². The lowest BCUT2D eigenvalue weighted by Crippen LogP contribution is -2.45. The Morgan fingerprint density at radius 3 is 2.44 bits per heavy atom. The molecule has 1 aromatic carbocycles. The first-order chi connectivity index (χ1) is 12.7. The number of benzene rings is 1. The van der Waals surface area contributed by atoms with E-state index in [-0.39, 0.29) is 17.9 Å². The van der Waals surface area contributed by atoms with Gasteiger partial charge in [-0.3, -0.25) is 4.79 Å². The second-order valence-electron chi connectivity index (χ2n) is 8.15. The summed E-state index contributed by atoms with van der Waals surface area (Å²) in [4.78, 5) is 26.1. The molecule has 1 heterocycles. The molecule has 0 aromatic heterocycles. The van der Waals surface area contributed by atoms with Gasteiger partial charge in [0.25, 0.3) is 0 Å². The van der Waals surface area contributed by atoms with E-state index < -0.39 is 5.60 Å². The molecule has 27 heavy (non-hydrogen) atoms. The van der Waals surface area contributed by atoms with E-state index in [4.69, 9.17) is 9.47 Å². The summed E-state index contributed by atoms with van der Waals surface area (Å²) in [6, 6.07) is 6.05. The van der Waals surface area contributed by atoms with Crippen molar-refractivity contribution in [1.29, 1.82) is 0 Å². The summed E-state index contributed by atoms with van der Waals surface area (Å²) in [7, 11) is 0. The Labute approximate surface area is 162 Å². The number of carbonyl (C=O) groups excluding carboxylic acids is 2. The lowest BCUT2D eigenvalue weighted by atomic mass is 9.96. The third-order valence-electron chi connectivity index (χ3n) is 4.51. The van der Waals surface area contributed by atoms with Crippen LogP contribution >= 0.6 is 0 Å². The molecule has 0 atom stereocenters. The van der Waals surface area contributed by atoms with Gasteiger partial charge >= 0.3 is 6.09 Å². The van der Waals surface area contributed by atoms with Crippen molar-refractivity contribution >= 4 is 12.0 Å². The minimum absolute atomic E-state index is 0.0306. The molecule has 0 saturated carbocycles. The predicted molar refractivity (Wildman–Crippen MR) is 105 cm³/mol. The lowest BCUT2D eigenvalue weighted by molar-refractivity contribution is -0.126. The van der Waals surface area contributed by atoms with E-state index in [1.807, 2.05) is 46.8 Å². The largest absolute Gasteiger partial charge is 0.491 e. The third kappa shape index (κ3) is 6.77. The molecule has 1 fully saturated rings. The number of amides is 2. The van der Waals surface area contributed by atoms with Gasteiger partial charge in [0.2, 0.25) is 5.91 Å². The van der Waals surface area contributed by atoms with Crippen molar-refractivity contribution < 1.29 is 19.1 Å². The van der Waals surface area contributed by atoms with Gasteiger partial charge in [0, 0.05) is 19.0 Å². The highest BCUT2D eigenvalue weighted by atomic mass is 16.6. The van der Waals surface area contributed by atoms with Gasteiger partial charge in [-0.25, -0.2) is 4.79 Å². The summed E-state index contributed by atoms with van der Waals surface area (Å²) in [6.45, 7) is 11.6. The van der Waals surface area contributed by atoms with Crippen LogP contribution in [0, 0.1) is 19.8 Å². The summed E-state index contributed by atoms with van der Waals surface area (Å²) >= 11 is 0. The number of aryl methyl sites for hydroxylation is 2. The number of rotatable bonds is 5. The fourth-order valence-electron chi connectivity index (χ4n) is 3.09. The maximum Gasteiger partial charge on any atom is 0.410 e. The molecule has 1 saturated heterocycles. The number of ether oxygens (including phenoxy) is 2. The van der Waals surface area contributed by atoms with Gasteiger partial charge in [0.05, 0.1) is 6.54 Å². The second-order valence-corrected chi connectivity index (χ2v) is 8.15. The van der Waals surface area contributed by atoms with Crippen molar-refractivity contribution in [1.82, 2.24) is 10.2 Å². The zero-order chi connectivity index (χ0) is 20.0. The molecule has 0 unspecified atom stereocenters. The molecule has 1 aliphatic heterocycles. The second kappa shape index (κ2) is 9.11. The van der Waals surface area contributed by atoms with E-state index >= 15 is 0 Å². The van der Waals surface area contributed by atoms with Gasteiger partial charge in [-0.1, -0.05) is 17.7 Å². The molecule has 0 aliphatic carbocycles. The van der Waals surface area contributed by atoms with Gasteiger partial charge in [0.1, 0.15) is 18.0 Å². The number of hydrogen-bond acceptors (Lipinski definition) is 4. The molecule has 2 amide bonds. The van der Waals surface area contributed by atoms with E-state index in [9.17, 15) is 9.59 Å². The van der Waals surface area contributed by atoms with Crippen LogP contribution in [-0.4, -0.2) is 48.7 Å². The zero-order valence-electron chi connectivity index (χ0n) is 17.1. The van der Waals surface area contributed by atoms with Crippen molar-refractivity contribution in [3.05, 3.63) is 29.3 Å². The average Bonchev–Trinajstić information content (AvgIpc) is 2.58. The Bertz CT molecular complexity index is 659. The number of nitrogens with one attached hydrogen (secondary N) is 1. The molecule has 1 aromatic rings. The maximum atomic E-state index is 12.3. The molecule has 6 heteroatoms. The zero-order valence-corrected chi connectivity index (χ0v) is 17.1. The van der Waals surface area contributed by atoms with E-state index in [0.717, 1.165) is 11.3 Å². The fraction of sp³-hybridized carbons (Fsp3) is 0.619. The highest BCUT2D eigenvalue weighted by Gasteiger charge is 2.29. The van der Waals surface area contributed by atoms with Gasteiger partial charge in [-0.15, -0.1) is 0 Å². The van der Waals surface area contributed by atoms with Crippen LogP contribution in [0.1, 0.15) is 44.7 Å². The standard InChI is InChI=1S/C21H32N2O4/c1-15-6-7-18(16(2)14-15)26-13-10-22-19(24)17-8-11-23(12-9-17)20(25)27-21(3,4)5/h6-7,14,17H,8-13H2,1-5H3,(H,22,24). The van der Waals surface area contributed by atoms with Crippen LogP contribution in [0.25, 0.3) is 0 Å². The number of carbonyl (C=O) groups is 2. The fourth-order valence-corrected chi connectivity index (χ4v) is 3.09. The number of likely N-dealkylation sites (tertiary alicyclic amines) is 1. The van der Waals surface area contributed by atoms with Crippen LogP contribution in [0.15, 0.2) is 18.2 Å². The SMILES string of the molecule is Cc1ccc(OCCNC(=O)C2CCN(C(=O)OC(C)(C)C)CC2)c(C)c1. The van der Waals surface area contributed by atoms with Gasteiger partial charge in [-0.05, 0) is 59.1 Å². The normalized spacial score (nSPS) is 15.4. The van der Waals surface area contributed by atoms with Crippen molar-refractivity contribution in [2.45, 2.75) is 53.1 Å². The molecule has 0 radical (unpaired) electrons. The molecule has 150 valence electrons. The molecular formula is C21H32N2O4. The van der Waals surface area contributed by atoms with E-state index in [1.54, 1.807) is 4.90 Å². The van der Waals surface area contributed by atoms with Gasteiger partial charge in [0.15, 0.2) is 0 Å². The first-order valence-electron chi connectivity index (χ1n) is 9.61. The Morgan fingerprint density at radius 2 is 1.85 bits per heavy atom. The summed E-state index contributed by atoms with van der Waals surface area (Å²) in [5.41, 5.74) is 1.79. The monoisotopic (exact) mass is 376 g/mol. The molecular weight excluding hydrogens is 344 g/mol. The Morgan fingerprint density at radius 1 is 1.19 bits per heavy atom. The first kappa shape index (κ1) is 21.1. The van der Waals surface area contributed by atoms with Crippen LogP contribution in [0.4, 0.5) is 4.79 Å². The smallest absolute Gasteiger partial charge is 0.410 e. The highest BCUT2D eigenvalue weighted by Crippen LogP contribution is 2.20. The number of hydrogen-bond donors (Lipinski definition) is 1. The Kier molecular flexibility index (Phi) is 7.11. The Balaban J connectivity index is 1.68. The van der Waals surface area contributed by atoms with Crippen molar-refractivity contribution in [2.24, 2.45) is 5.92 Å². The quantitative estimate of drug-likeness (QED) is 0.800. The molecule has 0 bridgehead atoms. The molecule has 2 rings (SSSR count). The lowest BCUT2D eigenvalue weighted by Gasteiger charge is -2.32. The summed E-state index contributed by atoms with van der Waals surface area (Å²) in [5, 5.41) is 2.94. The Hall–Kier alpha value is -2.24. The minimum atomic E-state index is -0.499. The maximum absolute atomic E-state index is 12.3. The van der Waals surface area contributed by atoms with Crippen LogP contribution in [0.2, 0.25) is 0 Å². The number of piperidine rings is 1. The predicted octanol–water partition coefficient (Wildman–Crippen LogP) is 3.45. The summed E-state index contributed by atoms with van der Waals surface area (Å²) < 4.78 is 11.1. The number of nitrogens with zero attached hydrogens (tertiary/aromatic N) is 1. The van der Waals surface area contributed by atoms with Crippen LogP contribution < -0.4 is 10.1 Å². The highest BCUT2D eigenvalue weighted by molar-refractivity contribution is 5.79. The van der Waals surface area contributed by atoms with E-state index in [2.05, 4.69) is 11.4 Å². The average molecular weight is 376 g/mol. The van der Waals surface area contributed by atoms with Crippen molar-refractivity contribution in [3.63, 3.8) is 0 Å². The van der Waals surface area contributed by atoms with Crippen LogP contribution in [0.5, 0.6) is 5.75 Å². The van der Waals surface area contributed by atoms with E-state index in [0.29, 0.717) is 39.1 Å². The van der Waals surface area contributed by atoms with Crippen LogP contribution in [0.3, 0.4) is 0 Å². The van der Waals surface area contributed by atoms with E-state index in [1.165, 1.54) is 5.56 Å². The molecule has 1 aliphatic rings. The van der Waals surface area contributed by atoms with Crippen molar-refractivity contribution in [2.75, 3.05) is 26.2 Å². The van der Waals surface area contributed by atoms with Gasteiger partial charge in [-0.2, -0.15) is 0 Å².